The van der Waals surface area contributed by atoms with Crippen LogP contribution in [0.3, 0.4) is 0 Å². The summed E-state index contributed by atoms with van der Waals surface area (Å²) < 4.78 is 1.08. The second kappa shape index (κ2) is 8.05. The third-order valence-electron chi connectivity index (χ3n) is 3.76. The largest absolute Gasteiger partial charge is 0.324 e. The van der Waals surface area contributed by atoms with Crippen molar-refractivity contribution in [2.45, 2.75) is 6.92 Å². The number of thioether (sulfide) groups is 1. The maximum Gasteiger partial charge on any atom is 0.294 e. The molecule has 0 bridgehead atoms. The molecule has 1 saturated heterocycles. The lowest BCUT2D eigenvalue weighted by molar-refractivity contribution is -0.127. The number of hydrogen-bond donors (Lipinski definition) is 1. The SMILES string of the molecule is Cc1ccccc1NC(=O)CN1C(=O)SC(=Cc2ccc(I)cc2)C1=O. The predicted molar refractivity (Wildman–Crippen MR) is 112 cm³/mol. The van der Waals surface area contributed by atoms with Crippen molar-refractivity contribution < 1.29 is 14.4 Å². The highest BCUT2D eigenvalue weighted by Crippen LogP contribution is 2.32. The van der Waals surface area contributed by atoms with Gasteiger partial charge in [-0.3, -0.25) is 19.3 Å². The first-order chi connectivity index (χ1) is 12.4. The van der Waals surface area contributed by atoms with Gasteiger partial charge in [0.25, 0.3) is 11.1 Å². The fraction of sp³-hybridized carbons (Fsp3) is 0.105. The minimum Gasteiger partial charge on any atom is -0.324 e. The maximum atomic E-state index is 12.5. The third kappa shape index (κ3) is 4.34. The second-order valence-electron chi connectivity index (χ2n) is 5.68. The molecular weight excluding hydrogens is 463 g/mol. The summed E-state index contributed by atoms with van der Waals surface area (Å²) in [5, 5.41) is 2.30. The number of carbonyl (C=O) groups is 3. The van der Waals surface area contributed by atoms with E-state index in [2.05, 4.69) is 27.9 Å². The molecule has 1 aliphatic rings. The van der Waals surface area contributed by atoms with Crippen LogP contribution >= 0.6 is 34.4 Å². The van der Waals surface area contributed by atoms with Crippen LogP contribution in [-0.4, -0.2) is 28.5 Å². The molecule has 26 heavy (non-hydrogen) atoms. The van der Waals surface area contributed by atoms with Crippen molar-refractivity contribution in [3.8, 4) is 0 Å². The van der Waals surface area contributed by atoms with E-state index in [1.807, 2.05) is 49.4 Å². The fourth-order valence-corrected chi connectivity index (χ4v) is 3.59. The molecule has 2 aromatic carbocycles. The van der Waals surface area contributed by atoms with Crippen molar-refractivity contribution in [3.63, 3.8) is 0 Å². The average molecular weight is 478 g/mol. The molecule has 5 nitrogen and oxygen atoms in total. The maximum absolute atomic E-state index is 12.5. The summed E-state index contributed by atoms with van der Waals surface area (Å²) in [6.07, 6.45) is 1.67. The summed E-state index contributed by atoms with van der Waals surface area (Å²) in [7, 11) is 0. The van der Waals surface area contributed by atoms with Crippen molar-refractivity contribution in [2.24, 2.45) is 0 Å². The van der Waals surface area contributed by atoms with Crippen LogP contribution in [0.25, 0.3) is 6.08 Å². The van der Waals surface area contributed by atoms with E-state index in [1.165, 1.54) is 0 Å². The zero-order valence-corrected chi connectivity index (χ0v) is 16.8. The number of hydrogen-bond acceptors (Lipinski definition) is 4. The summed E-state index contributed by atoms with van der Waals surface area (Å²) in [5.74, 6) is -0.851. The molecule has 0 unspecified atom stereocenters. The molecule has 0 atom stereocenters. The highest BCUT2D eigenvalue weighted by atomic mass is 127. The van der Waals surface area contributed by atoms with Gasteiger partial charge in [-0.05, 0) is 76.7 Å². The van der Waals surface area contributed by atoms with Crippen molar-refractivity contribution in [1.82, 2.24) is 4.90 Å². The molecule has 7 heteroatoms. The predicted octanol–water partition coefficient (Wildman–Crippen LogP) is 4.27. The summed E-state index contributed by atoms with van der Waals surface area (Å²) in [6, 6.07) is 14.9. The van der Waals surface area contributed by atoms with E-state index in [-0.39, 0.29) is 6.54 Å². The highest BCUT2D eigenvalue weighted by Gasteiger charge is 2.36. The number of benzene rings is 2. The van der Waals surface area contributed by atoms with Crippen LogP contribution in [0.5, 0.6) is 0 Å². The number of para-hydroxylation sites is 1. The van der Waals surface area contributed by atoms with Gasteiger partial charge in [-0.2, -0.15) is 0 Å². The normalized spacial score (nSPS) is 15.6. The molecule has 0 aliphatic carbocycles. The Kier molecular flexibility index (Phi) is 5.77. The number of anilines is 1. The number of aryl methyl sites for hydroxylation is 1. The molecule has 0 saturated carbocycles. The van der Waals surface area contributed by atoms with Gasteiger partial charge in [-0.1, -0.05) is 30.3 Å². The number of halogens is 1. The summed E-state index contributed by atoms with van der Waals surface area (Å²) >= 11 is 3.05. The fourth-order valence-electron chi connectivity index (χ4n) is 2.39. The van der Waals surface area contributed by atoms with E-state index in [0.29, 0.717) is 10.6 Å². The molecule has 0 aromatic heterocycles. The van der Waals surface area contributed by atoms with E-state index >= 15 is 0 Å². The van der Waals surface area contributed by atoms with Gasteiger partial charge in [0.05, 0.1) is 4.91 Å². The van der Waals surface area contributed by atoms with Crippen LogP contribution < -0.4 is 5.32 Å². The third-order valence-corrected chi connectivity index (χ3v) is 5.39. The lowest BCUT2D eigenvalue weighted by atomic mass is 10.2. The Labute approximate surface area is 169 Å². The zero-order valence-electron chi connectivity index (χ0n) is 13.9. The molecule has 0 radical (unpaired) electrons. The van der Waals surface area contributed by atoms with Crippen molar-refractivity contribution in [2.75, 3.05) is 11.9 Å². The Hall–Kier alpha value is -2.13. The smallest absolute Gasteiger partial charge is 0.294 e. The van der Waals surface area contributed by atoms with Crippen LogP contribution in [0.1, 0.15) is 11.1 Å². The molecule has 0 spiro atoms. The minimum atomic E-state index is -0.446. The van der Waals surface area contributed by atoms with Gasteiger partial charge in [0.15, 0.2) is 0 Å². The summed E-state index contributed by atoms with van der Waals surface area (Å²) in [5.41, 5.74) is 2.41. The molecule has 1 N–H and O–H groups in total. The lowest BCUT2D eigenvalue weighted by Crippen LogP contribution is -2.36. The molecule has 1 aliphatic heterocycles. The number of carbonyl (C=O) groups excluding carboxylic acids is 3. The van der Waals surface area contributed by atoms with Crippen molar-refractivity contribution >= 4 is 63.2 Å². The van der Waals surface area contributed by atoms with Crippen molar-refractivity contribution in [1.29, 1.82) is 0 Å². The molecule has 3 amide bonds. The Balaban J connectivity index is 1.70. The number of imide groups is 1. The highest BCUT2D eigenvalue weighted by molar-refractivity contribution is 14.1. The monoisotopic (exact) mass is 478 g/mol. The molecule has 1 fully saturated rings. The number of nitrogens with one attached hydrogen (secondary N) is 1. The van der Waals surface area contributed by atoms with Crippen LogP contribution in [-0.2, 0) is 9.59 Å². The van der Waals surface area contributed by atoms with Gasteiger partial charge in [0.2, 0.25) is 5.91 Å². The van der Waals surface area contributed by atoms with Gasteiger partial charge in [-0.25, -0.2) is 0 Å². The second-order valence-corrected chi connectivity index (χ2v) is 7.92. The molecule has 2 aromatic rings. The Morgan fingerprint density at radius 3 is 2.54 bits per heavy atom. The van der Waals surface area contributed by atoms with Gasteiger partial charge in [0, 0.05) is 9.26 Å². The number of nitrogens with zero attached hydrogens (tertiary/aromatic N) is 1. The molecule has 132 valence electrons. The first kappa shape index (κ1) is 18.7. The van der Waals surface area contributed by atoms with E-state index in [9.17, 15) is 14.4 Å². The molecular formula is C19H15IN2O3S. The van der Waals surface area contributed by atoms with Crippen molar-refractivity contribution in [3.05, 3.63) is 68.1 Å². The van der Waals surface area contributed by atoms with Gasteiger partial charge >= 0.3 is 0 Å². The summed E-state index contributed by atoms with van der Waals surface area (Å²) in [4.78, 5) is 38.1. The molecule has 3 rings (SSSR count). The first-order valence-electron chi connectivity index (χ1n) is 7.80. The summed E-state index contributed by atoms with van der Waals surface area (Å²) in [6.45, 7) is 1.57. The Morgan fingerprint density at radius 2 is 1.85 bits per heavy atom. The van der Waals surface area contributed by atoms with E-state index in [0.717, 1.165) is 31.4 Å². The van der Waals surface area contributed by atoms with Crippen LogP contribution in [0.15, 0.2) is 53.4 Å². The standard InChI is InChI=1S/C19H15IN2O3S/c1-12-4-2-3-5-15(12)21-17(23)11-22-18(24)16(26-19(22)25)10-13-6-8-14(20)9-7-13/h2-10H,11H2,1H3,(H,21,23). The van der Waals surface area contributed by atoms with E-state index < -0.39 is 17.1 Å². The minimum absolute atomic E-state index is 0.303. The Morgan fingerprint density at radius 1 is 1.15 bits per heavy atom. The number of amides is 3. The lowest BCUT2D eigenvalue weighted by Gasteiger charge is -2.13. The van der Waals surface area contributed by atoms with E-state index in [1.54, 1.807) is 12.1 Å². The molecule has 1 heterocycles. The zero-order chi connectivity index (χ0) is 18.7. The quantitative estimate of drug-likeness (QED) is 0.527. The number of rotatable bonds is 4. The van der Waals surface area contributed by atoms with Gasteiger partial charge < -0.3 is 5.32 Å². The Bertz CT molecular complexity index is 909. The van der Waals surface area contributed by atoms with Crippen LogP contribution in [0, 0.1) is 10.5 Å². The van der Waals surface area contributed by atoms with Gasteiger partial charge in [-0.15, -0.1) is 0 Å². The van der Waals surface area contributed by atoms with Crippen LogP contribution in [0.2, 0.25) is 0 Å². The first-order valence-corrected chi connectivity index (χ1v) is 9.70. The van der Waals surface area contributed by atoms with E-state index in [4.69, 9.17) is 0 Å². The average Bonchev–Trinajstić information content (AvgIpc) is 2.86. The topological polar surface area (TPSA) is 66.5 Å². The van der Waals surface area contributed by atoms with Crippen LogP contribution in [0.4, 0.5) is 10.5 Å². The van der Waals surface area contributed by atoms with Gasteiger partial charge in [0.1, 0.15) is 6.54 Å².